The summed E-state index contributed by atoms with van der Waals surface area (Å²) in [6.45, 7) is 1.06. The summed E-state index contributed by atoms with van der Waals surface area (Å²) in [7, 11) is -2.27. The van der Waals surface area contributed by atoms with E-state index in [0.29, 0.717) is 42.5 Å². The van der Waals surface area contributed by atoms with E-state index in [4.69, 9.17) is 14.0 Å². The first-order valence-electron chi connectivity index (χ1n) is 14.2. The van der Waals surface area contributed by atoms with Gasteiger partial charge in [-0.05, 0) is 65.6 Å². The van der Waals surface area contributed by atoms with Crippen molar-refractivity contribution in [2.75, 3.05) is 19.8 Å². The highest BCUT2D eigenvalue weighted by molar-refractivity contribution is 6.62. The number of likely N-dealkylation sites (tertiary alicyclic amines) is 1. The van der Waals surface area contributed by atoms with Gasteiger partial charge in [-0.2, -0.15) is 0 Å². The van der Waals surface area contributed by atoms with Crippen LogP contribution in [0.4, 0.5) is 0 Å². The number of ether oxygens (including phenoxy) is 1. The Labute approximate surface area is 247 Å². The average molecular weight is 591 g/mol. The number of amides is 3. The van der Waals surface area contributed by atoms with Crippen LogP contribution in [0.25, 0.3) is 0 Å². The Hall–Kier alpha value is -3.75. The molecule has 2 aromatic rings. The molecule has 0 bridgehead atoms. The standard InChI is InChI=1S/C28H31B2N3O10/c34-24(35)12-28(5-7-41-8-6-28)32-26(37)23-11-20(31-25(36)16-1-3-18-14-42-29(39)21(18)9-16)13-33(23)27(38)17-2-4-19-15-43-30(40)22(19)10-17/h1-4,9-10,20,23,39-40H,5-8,11-15H2,(H,31,36)(H,32,37)(H,34,35)/t20-,23+/m1/s1. The Balaban J connectivity index is 1.24. The van der Waals surface area contributed by atoms with Gasteiger partial charge in [0.05, 0.1) is 25.2 Å². The molecule has 0 spiro atoms. The maximum atomic E-state index is 13.8. The fraction of sp³-hybridized carbons (Fsp3) is 0.429. The number of carbonyl (C=O) groups excluding carboxylic acids is 3. The van der Waals surface area contributed by atoms with Crippen molar-refractivity contribution in [2.45, 2.75) is 56.5 Å². The van der Waals surface area contributed by atoms with Crippen molar-refractivity contribution < 1.29 is 48.4 Å². The van der Waals surface area contributed by atoms with Gasteiger partial charge in [-0.3, -0.25) is 19.2 Å². The normalized spacial score (nSPS) is 22.2. The zero-order valence-electron chi connectivity index (χ0n) is 23.3. The Morgan fingerprint density at radius 1 is 0.930 bits per heavy atom. The number of nitrogens with one attached hydrogen (secondary N) is 2. The number of carbonyl (C=O) groups is 4. The summed E-state index contributed by atoms with van der Waals surface area (Å²) >= 11 is 0. The van der Waals surface area contributed by atoms with Gasteiger partial charge in [-0.1, -0.05) is 12.1 Å². The van der Waals surface area contributed by atoms with Crippen molar-refractivity contribution in [1.29, 1.82) is 0 Å². The summed E-state index contributed by atoms with van der Waals surface area (Å²) in [6.07, 6.45) is 0.417. The molecule has 3 amide bonds. The molecule has 0 aromatic heterocycles. The van der Waals surface area contributed by atoms with Crippen LogP contribution >= 0.6 is 0 Å². The molecule has 0 aliphatic carbocycles. The van der Waals surface area contributed by atoms with E-state index in [0.717, 1.165) is 11.1 Å². The lowest BCUT2D eigenvalue weighted by Crippen LogP contribution is -2.57. The molecular formula is C28H31B2N3O10. The number of carboxylic acids is 1. The number of rotatable bonds is 7. The average Bonchev–Trinajstić information content (AvgIpc) is 3.69. The smallest absolute Gasteiger partial charge is 0.481 e. The molecule has 6 rings (SSSR count). The van der Waals surface area contributed by atoms with Gasteiger partial charge >= 0.3 is 20.2 Å². The fourth-order valence-corrected chi connectivity index (χ4v) is 6.29. The zero-order valence-corrected chi connectivity index (χ0v) is 23.3. The van der Waals surface area contributed by atoms with E-state index < -0.39 is 55.6 Å². The van der Waals surface area contributed by atoms with E-state index in [2.05, 4.69) is 10.6 Å². The second-order valence-corrected chi connectivity index (χ2v) is 11.5. The van der Waals surface area contributed by atoms with E-state index in [9.17, 15) is 34.3 Å². The van der Waals surface area contributed by atoms with Gasteiger partial charge in [0.1, 0.15) is 6.04 Å². The Kier molecular flexibility index (Phi) is 8.00. The Bertz CT molecular complexity index is 1470. The van der Waals surface area contributed by atoms with Crippen LogP contribution in [0.5, 0.6) is 0 Å². The molecule has 2 saturated heterocycles. The lowest BCUT2D eigenvalue weighted by Gasteiger charge is -2.38. The fourth-order valence-electron chi connectivity index (χ4n) is 6.29. The number of hydrogen-bond acceptors (Lipinski definition) is 9. The number of benzene rings is 2. The molecule has 0 unspecified atom stereocenters. The van der Waals surface area contributed by atoms with Gasteiger partial charge in [0.25, 0.3) is 11.8 Å². The number of nitrogens with zero attached hydrogens (tertiary/aromatic N) is 1. The molecule has 4 aliphatic heterocycles. The Morgan fingerprint density at radius 2 is 1.53 bits per heavy atom. The molecule has 5 N–H and O–H groups in total. The number of fused-ring (bicyclic) bond motifs is 2. The molecule has 15 heteroatoms. The molecule has 224 valence electrons. The van der Waals surface area contributed by atoms with Crippen molar-refractivity contribution in [2.24, 2.45) is 0 Å². The predicted octanol–water partition coefficient (Wildman–Crippen LogP) is -1.72. The van der Waals surface area contributed by atoms with Gasteiger partial charge in [-0.15, -0.1) is 0 Å². The van der Waals surface area contributed by atoms with Crippen molar-refractivity contribution in [3.63, 3.8) is 0 Å². The minimum Gasteiger partial charge on any atom is -0.481 e. The van der Waals surface area contributed by atoms with Gasteiger partial charge < -0.3 is 44.7 Å². The van der Waals surface area contributed by atoms with E-state index in [1.165, 1.54) is 4.90 Å². The van der Waals surface area contributed by atoms with E-state index in [-0.39, 0.29) is 38.2 Å². The van der Waals surface area contributed by atoms with Gasteiger partial charge in [0.15, 0.2) is 0 Å². The van der Waals surface area contributed by atoms with Crippen molar-refractivity contribution in [1.82, 2.24) is 15.5 Å². The third kappa shape index (κ3) is 5.91. The third-order valence-corrected chi connectivity index (χ3v) is 8.65. The highest BCUT2D eigenvalue weighted by Crippen LogP contribution is 2.28. The van der Waals surface area contributed by atoms with Gasteiger partial charge in [0.2, 0.25) is 5.91 Å². The minimum absolute atomic E-state index is 0.0184. The predicted molar refractivity (Wildman–Crippen MR) is 152 cm³/mol. The second kappa shape index (κ2) is 11.7. The maximum absolute atomic E-state index is 13.8. The van der Waals surface area contributed by atoms with Crippen LogP contribution in [0.2, 0.25) is 0 Å². The van der Waals surface area contributed by atoms with E-state index in [1.807, 2.05) is 0 Å². The van der Waals surface area contributed by atoms with Crippen LogP contribution < -0.4 is 21.6 Å². The molecule has 2 atom stereocenters. The third-order valence-electron chi connectivity index (χ3n) is 8.65. The van der Waals surface area contributed by atoms with E-state index in [1.54, 1.807) is 36.4 Å². The molecule has 0 saturated carbocycles. The Morgan fingerprint density at radius 3 is 2.16 bits per heavy atom. The molecule has 4 aliphatic rings. The molecular weight excluding hydrogens is 560 g/mol. The number of carboxylic acid groups (broad SMARTS) is 1. The lowest BCUT2D eigenvalue weighted by atomic mass is 9.78. The summed E-state index contributed by atoms with van der Waals surface area (Å²) in [5.41, 5.74) is 2.03. The number of aliphatic carboxylic acids is 1. The van der Waals surface area contributed by atoms with Crippen LogP contribution in [0.3, 0.4) is 0 Å². The monoisotopic (exact) mass is 591 g/mol. The van der Waals surface area contributed by atoms with Crippen molar-refractivity contribution >= 4 is 48.9 Å². The summed E-state index contributed by atoms with van der Waals surface area (Å²) in [6, 6.07) is 8.12. The van der Waals surface area contributed by atoms with Crippen LogP contribution in [0, 0.1) is 0 Å². The summed E-state index contributed by atoms with van der Waals surface area (Å²) in [4.78, 5) is 53.9. The second-order valence-electron chi connectivity index (χ2n) is 11.5. The largest absolute Gasteiger partial charge is 0.491 e. The maximum Gasteiger partial charge on any atom is 0.491 e. The molecule has 2 aromatic carbocycles. The van der Waals surface area contributed by atoms with E-state index >= 15 is 0 Å². The quantitative estimate of drug-likeness (QED) is 0.232. The molecule has 4 heterocycles. The van der Waals surface area contributed by atoms with Crippen LogP contribution in [-0.4, -0.2) is 95.4 Å². The van der Waals surface area contributed by atoms with Crippen LogP contribution in [-0.2, 0) is 36.8 Å². The summed E-state index contributed by atoms with van der Waals surface area (Å²) < 4.78 is 15.9. The topological polar surface area (TPSA) is 184 Å². The molecule has 2 fully saturated rings. The van der Waals surface area contributed by atoms with Crippen LogP contribution in [0.1, 0.15) is 57.5 Å². The molecule has 0 radical (unpaired) electrons. The SMILES string of the molecule is O=C(O)CC1(NC(=O)[C@@H]2C[C@@H](NC(=O)c3ccc4c(c3)B(O)OC4)CN2C(=O)c2ccc3c(c2)B(O)OC3)CCOCC1. The van der Waals surface area contributed by atoms with Gasteiger partial charge in [0, 0.05) is 36.9 Å². The first-order chi connectivity index (χ1) is 20.6. The molecule has 43 heavy (non-hydrogen) atoms. The van der Waals surface area contributed by atoms with Crippen molar-refractivity contribution in [3.05, 3.63) is 58.7 Å². The first-order valence-corrected chi connectivity index (χ1v) is 14.2. The first kappa shape index (κ1) is 29.3. The van der Waals surface area contributed by atoms with Crippen LogP contribution in [0.15, 0.2) is 36.4 Å². The zero-order chi connectivity index (χ0) is 30.3. The highest BCUT2D eigenvalue weighted by atomic mass is 16.5. The lowest BCUT2D eigenvalue weighted by molar-refractivity contribution is -0.141. The summed E-state index contributed by atoms with van der Waals surface area (Å²) in [5, 5.41) is 35.6. The highest BCUT2D eigenvalue weighted by Gasteiger charge is 2.45. The van der Waals surface area contributed by atoms with Gasteiger partial charge in [-0.25, -0.2) is 0 Å². The number of hydrogen-bond donors (Lipinski definition) is 5. The van der Waals surface area contributed by atoms with Crippen molar-refractivity contribution in [3.8, 4) is 0 Å². The minimum atomic E-state index is -1.16. The molecule has 13 nitrogen and oxygen atoms in total. The summed E-state index contributed by atoms with van der Waals surface area (Å²) in [5.74, 6) is -2.49.